The topological polar surface area (TPSA) is 31.2 Å². The third-order valence-electron chi connectivity index (χ3n) is 2.27. The first-order valence-electron chi connectivity index (χ1n) is 4.52. The number of carbonyl (C=O) groups excluding carboxylic acids is 1. The summed E-state index contributed by atoms with van der Waals surface area (Å²) in [5.74, 6) is -0.247. The minimum absolute atomic E-state index is 0.239. The lowest BCUT2D eigenvalue weighted by Gasteiger charge is -2.02. The molecule has 0 unspecified atom stereocenters. The van der Waals surface area contributed by atoms with Crippen LogP contribution in [0.5, 0.6) is 0 Å². The van der Waals surface area contributed by atoms with Gasteiger partial charge in [-0.2, -0.15) is 0 Å². The Balaban J connectivity index is 2.48. The number of rotatable bonds is 2. The number of nitrogens with zero attached hydrogens (tertiary/aromatic N) is 1. The van der Waals surface area contributed by atoms with Gasteiger partial charge in [0.1, 0.15) is 6.54 Å². The van der Waals surface area contributed by atoms with E-state index in [1.807, 2.05) is 35.0 Å². The van der Waals surface area contributed by atoms with Crippen molar-refractivity contribution in [1.29, 1.82) is 0 Å². The van der Waals surface area contributed by atoms with Crippen LogP contribution < -0.4 is 0 Å². The van der Waals surface area contributed by atoms with Crippen molar-refractivity contribution in [2.24, 2.45) is 0 Å². The first-order chi connectivity index (χ1) is 7.22. The number of ether oxygens (including phenoxy) is 1. The highest BCUT2D eigenvalue weighted by Gasteiger charge is 2.08. The molecule has 0 aliphatic carbocycles. The summed E-state index contributed by atoms with van der Waals surface area (Å²) in [4.78, 5) is 11.2. The Morgan fingerprint density at radius 3 is 2.93 bits per heavy atom. The van der Waals surface area contributed by atoms with Crippen LogP contribution in [-0.2, 0) is 16.1 Å². The van der Waals surface area contributed by atoms with Crippen molar-refractivity contribution in [2.75, 3.05) is 7.11 Å². The number of benzene rings is 1. The monoisotopic (exact) mass is 267 g/mol. The second kappa shape index (κ2) is 4.06. The number of fused-ring (bicyclic) bond motifs is 1. The number of aromatic nitrogens is 1. The van der Waals surface area contributed by atoms with Gasteiger partial charge in [0.25, 0.3) is 0 Å². The van der Waals surface area contributed by atoms with Gasteiger partial charge < -0.3 is 9.30 Å². The van der Waals surface area contributed by atoms with Crippen molar-refractivity contribution in [1.82, 2.24) is 4.57 Å². The molecule has 0 fully saturated rings. The summed E-state index contributed by atoms with van der Waals surface area (Å²) in [7, 11) is 1.39. The molecule has 1 aromatic heterocycles. The third-order valence-corrected chi connectivity index (χ3v) is 2.90. The molecule has 0 saturated carbocycles. The lowest BCUT2D eigenvalue weighted by Crippen LogP contribution is -2.10. The molecule has 1 heterocycles. The fraction of sp³-hybridized carbons (Fsp3) is 0.182. The number of hydrogen-bond acceptors (Lipinski definition) is 2. The second-order valence-electron chi connectivity index (χ2n) is 3.20. The van der Waals surface area contributed by atoms with Crippen molar-refractivity contribution in [3.63, 3.8) is 0 Å². The van der Waals surface area contributed by atoms with E-state index in [2.05, 4.69) is 20.7 Å². The van der Waals surface area contributed by atoms with Crippen LogP contribution in [0.25, 0.3) is 10.9 Å². The molecule has 2 rings (SSSR count). The van der Waals surface area contributed by atoms with Crippen LogP contribution in [0.3, 0.4) is 0 Å². The molecule has 0 radical (unpaired) electrons. The number of hydrogen-bond donors (Lipinski definition) is 0. The molecule has 0 saturated heterocycles. The quantitative estimate of drug-likeness (QED) is 0.784. The fourth-order valence-corrected chi connectivity index (χ4v) is 2.12. The van der Waals surface area contributed by atoms with E-state index < -0.39 is 0 Å². The number of carbonyl (C=O) groups is 1. The maximum atomic E-state index is 11.2. The molecule has 78 valence electrons. The summed E-state index contributed by atoms with van der Waals surface area (Å²) >= 11 is 3.46. The Hall–Kier alpha value is -1.29. The Morgan fingerprint density at radius 1 is 1.47 bits per heavy atom. The lowest BCUT2D eigenvalue weighted by molar-refractivity contribution is -0.141. The van der Waals surface area contributed by atoms with Gasteiger partial charge in [0.05, 0.1) is 7.11 Å². The zero-order valence-corrected chi connectivity index (χ0v) is 9.82. The molecule has 2 aromatic rings. The van der Waals surface area contributed by atoms with Gasteiger partial charge in [0.15, 0.2) is 0 Å². The molecule has 0 atom stereocenters. The van der Waals surface area contributed by atoms with Crippen molar-refractivity contribution in [2.45, 2.75) is 6.54 Å². The lowest BCUT2D eigenvalue weighted by atomic mass is 10.2. The predicted octanol–water partition coefficient (Wildman–Crippen LogP) is 2.58. The van der Waals surface area contributed by atoms with Gasteiger partial charge in [-0.3, -0.25) is 4.79 Å². The van der Waals surface area contributed by atoms with Crippen LogP contribution in [0, 0.1) is 0 Å². The van der Waals surface area contributed by atoms with Gasteiger partial charge in [-0.25, -0.2) is 0 Å². The summed E-state index contributed by atoms with van der Waals surface area (Å²) in [6.45, 7) is 0.239. The predicted molar refractivity (Wildman–Crippen MR) is 61.7 cm³/mol. The van der Waals surface area contributed by atoms with Crippen molar-refractivity contribution < 1.29 is 9.53 Å². The van der Waals surface area contributed by atoms with E-state index in [-0.39, 0.29) is 12.5 Å². The van der Waals surface area contributed by atoms with Crippen LogP contribution in [0.15, 0.2) is 34.9 Å². The largest absolute Gasteiger partial charge is 0.468 e. The highest BCUT2D eigenvalue weighted by Crippen LogP contribution is 2.25. The van der Waals surface area contributed by atoms with Crippen LogP contribution in [0.1, 0.15) is 0 Å². The van der Waals surface area contributed by atoms with Gasteiger partial charge in [0, 0.05) is 21.6 Å². The Bertz CT molecular complexity index is 504. The molecule has 0 amide bonds. The summed E-state index contributed by atoms with van der Waals surface area (Å²) in [5, 5.41) is 1.10. The van der Waals surface area contributed by atoms with Gasteiger partial charge in [-0.05, 0) is 22.0 Å². The van der Waals surface area contributed by atoms with E-state index in [0.717, 1.165) is 15.4 Å². The summed E-state index contributed by atoms with van der Waals surface area (Å²) in [6.07, 6.45) is 1.89. The van der Waals surface area contributed by atoms with E-state index in [0.29, 0.717) is 0 Å². The Morgan fingerprint density at radius 2 is 2.20 bits per heavy atom. The number of halogens is 1. The normalized spacial score (nSPS) is 10.5. The molecule has 15 heavy (non-hydrogen) atoms. The van der Waals surface area contributed by atoms with Crippen LogP contribution in [0.4, 0.5) is 0 Å². The molecule has 0 N–H and O–H groups in total. The molecule has 3 nitrogen and oxygen atoms in total. The number of para-hydroxylation sites is 1. The van der Waals surface area contributed by atoms with Gasteiger partial charge in [0.2, 0.25) is 0 Å². The molecule has 0 aliphatic rings. The third kappa shape index (κ3) is 1.90. The van der Waals surface area contributed by atoms with E-state index in [9.17, 15) is 4.79 Å². The average Bonchev–Trinajstić information content (AvgIpc) is 2.57. The SMILES string of the molecule is COC(=O)Cn1cc(Br)c2ccccc21. The zero-order chi connectivity index (χ0) is 10.8. The van der Waals surface area contributed by atoms with Gasteiger partial charge in [-0.15, -0.1) is 0 Å². The van der Waals surface area contributed by atoms with E-state index >= 15 is 0 Å². The highest BCUT2D eigenvalue weighted by atomic mass is 79.9. The zero-order valence-electron chi connectivity index (χ0n) is 8.24. The van der Waals surface area contributed by atoms with Crippen molar-refractivity contribution in [3.8, 4) is 0 Å². The number of esters is 1. The van der Waals surface area contributed by atoms with Crippen LogP contribution >= 0.6 is 15.9 Å². The highest BCUT2D eigenvalue weighted by molar-refractivity contribution is 9.10. The maximum absolute atomic E-state index is 11.2. The maximum Gasteiger partial charge on any atom is 0.325 e. The van der Waals surface area contributed by atoms with E-state index in [4.69, 9.17) is 0 Å². The van der Waals surface area contributed by atoms with Crippen LogP contribution in [0.2, 0.25) is 0 Å². The molecule has 4 heteroatoms. The summed E-state index contributed by atoms with van der Waals surface area (Å²) < 4.78 is 7.49. The van der Waals surface area contributed by atoms with Gasteiger partial charge >= 0.3 is 5.97 Å². The average molecular weight is 268 g/mol. The van der Waals surface area contributed by atoms with Crippen LogP contribution in [-0.4, -0.2) is 17.6 Å². The van der Waals surface area contributed by atoms with E-state index in [1.165, 1.54) is 7.11 Å². The molecular weight excluding hydrogens is 258 g/mol. The first kappa shape index (κ1) is 10.2. The second-order valence-corrected chi connectivity index (χ2v) is 4.05. The molecule has 0 aliphatic heterocycles. The number of methoxy groups -OCH3 is 1. The fourth-order valence-electron chi connectivity index (χ4n) is 1.54. The minimum Gasteiger partial charge on any atom is -0.468 e. The standard InChI is InChI=1S/C11H10BrNO2/c1-15-11(14)7-13-6-9(12)8-4-2-3-5-10(8)13/h2-6H,7H2,1H3. The summed E-state index contributed by atoms with van der Waals surface area (Å²) in [5.41, 5.74) is 1.02. The minimum atomic E-state index is -0.247. The smallest absolute Gasteiger partial charge is 0.325 e. The molecular formula is C11H10BrNO2. The van der Waals surface area contributed by atoms with E-state index in [1.54, 1.807) is 0 Å². The first-order valence-corrected chi connectivity index (χ1v) is 5.32. The summed E-state index contributed by atoms with van der Waals surface area (Å²) in [6, 6.07) is 7.90. The van der Waals surface area contributed by atoms with Crippen molar-refractivity contribution >= 4 is 32.8 Å². The molecule has 0 bridgehead atoms. The molecule has 1 aromatic carbocycles. The Labute approximate surface area is 95.8 Å². The molecule has 0 spiro atoms. The van der Waals surface area contributed by atoms with Crippen molar-refractivity contribution in [3.05, 3.63) is 34.9 Å². The van der Waals surface area contributed by atoms with Gasteiger partial charge in [-0.1, -0.05) is 18.2 Å². The Kier molecular flexibility index (Phi) is 2.77.